The van der Waals surface area contributed by atoms with E-state index in [1.807, 2.05) is 0 Å². The van der Waals surface area contributed by atoms with Gasteiger partial charge in [-0.1, -0.05) is 25.0 Å². The molecule has 1 saturated carbocycles. The standard InChI is InChI=1S/C21H23N3O4S/c1-24-19-11-10-16(12-14(19)13-20(24)25)29(27,28)23-18-9-5-4-8-17(18)21(26)22-15-6-2-3-7-15/h4-5,8-12,15,23H,2-3,6-7,13H2,1H3,(H,22,26). The molecule has 0 radical (unpaired) electrons. The van der Waals surface area contributed by atoms with Crippen molar-refractivity contribution in [1.29, 1.82) is 0 Å². The number of nitrogens with one attached hydrogen (secondary N) is 2. The van der Waals surface area contributed by atoms with Gasteiger partial charge in [0.2, 0.25) is 5.91 Å². The number of anilines is 2. The van der Waals surface area contributed by atoms with Crippen molar-refractivity contribution in [3.8, 4) is 0 Å². The normalized spacial score (nSPS) is 16.7. The van der Waals surface area contributed by atoms with Crippen LogP contribution in [0.25, 0.3) is 0 Å². The van der Waals surface area contributed by atoms with Gasteiger partial charge in [-0.2, -0.15) is 0 Å². The fraction of sp³-hybridized carbons (Fsp3) is 0.333. The van der Waals surface area contributed by atoms with E-state index in [0.29, 0.717) is 16.8 Å². The summed E-state index contributed by atoms with van der Waals surface area (Å²) in [5.74, 6) is -0.354. The fourth-order valence-corrected chi connectivity index (χ4v) is 5.05. The maximum atomic E-state index is 12.9. The van der Waals surface area contributed by atoms with E-state index in [2.05, 4.69) is 10.0 Å². The molecular formula is C21H23N3O4S. The molecule has 8 heteroatoms. The highest BCUT2D eigenvalue weighted by Gasteiger charge is 2.27. The summed E-state index contributed by atoms with van der Waals surface area (Å²) in [6.45, 7) is 0. The van der Waals surface area contributed by atoms with Crippen molar-refractivity contribution >= 4 is 33.2 Å². The van der Waals surface area contributed by atoms with E-state index in [0.717, 1.165) is 25.7 Å². The van der Waals surface area contributed by atoms with Crippen LogP contribution in [0.15, 0.2) is 47.4 Å². The van der Waals surface area contributed by atoms with Crippen LogP contribution in [0.2, 0.25) is 0 Å². The highest BCUT2D eigenvalue weighted by Crippen LogP contribution is 2.30. The Morgan fingerprint density at radius 2 is 1.83 bits per heavy atom. The number of para-hydroxylation sites is 1. The molecule has 2 aromatic carbocycles. The maximum absolute atomic E-state index is 12.9. The lowest BCUT2D eigenvalue weighted by atomic mass is 10.1. The second-order valence-electron chi connectivity index (χ2n) is 7.53. The summed E-state index contributed by atoms with van der Waals surface area (Å²) >= 11 is 0. The van der Waals surface area contributed by atoms with Gasteiger partial charge >= 0.3 is 0 Å². The topological polar surface area (TPSA) is 95.6 Å². The van der Waals surface area contributed by atoms with Gasteiger partial charge in [0.1, 0.15) is 0 Å². The molecule has 0 aromatic heterocycles. The van der Waals surface area contributed by atoms with Crippen LogP contribution in [0.5, 0.6) is 0 Å². The second-order valence-corrected chi connectivity index (χ2v) is 9.21. The number of fused-ring (bicyclic) bond motifs is 1. The third-order valence-corrected chi connectivity index (χ3v) is 6.91. The van der Waals surface area contributed by atoms with E-state index in [4.69, 9.17) is 0 Å². The summed E-state index contributed by atoms with van der Waals surface area (Å²) < 4.78 is 28.4. The smallest absolute Gasteiger partial charge is 0.261 e. The van der Waals surface area contributed by atoms with Crippen LogP contribution in [0.1, 0.15) is 41.6 Å². The number of benzene rings is 2. The monoisotopic (exact) mass is 413 g/mol. The highest BCUT2D eigenvalue weighted by molar-refractivity contribution is 7.92. The van der Waals surface area contributed by atoms with Crippen molar-refractivity contribution in [1.82, 2.24) is 5.32 Å². The van der Waals surface area contributed by atoms with Crippen molar-refractivity contribution in [3.63, 3.8) is 0 Å². The predicted molar refractivity (Wildman–Crippen MR) is 111 cm³/mol. The molecule has 152 valence electrons. The average Bonchev–Trinajstić information content (AvgIpc) is 3.29. The number of carbonyl (C=O) groups excluding carboxylic acids is 2. The molecular weight excluding hydrogens is 390 g/mol. The number of hydrogen-bond acceptors (Lipinski definition) is 4. The van der Waals surface area contributed by atoms with E-state index < -0.39 is 10.0 Å². The molecule has 1 heterocycles. The first-order valence-corrected chi connectivity index (χ1v) is 11.2. The van der Waals surface area contributed by atoms with Crippen LogP contribution in [0.4, 0.5) is 11.4 Å². The highest BCUT2D eigenvalue weighted by atomic mass is 32.2. The third kappa shape index (κ3) is 3.85. The second kappa shape index (κ2) is 7.51. The molecule has 0 spiro atoms. The van der Waals surface area contributed by atoms with Crippen LogP contribution >= 0.6 is 0 Å². The molecule has 2 N–H and O–H groups in total. The molecule has 2 amide bonds. The zero-order chi connectivity index (χ0) is 20.6. The quantitative estimate of drug-likeness (QED) is 0.788. The van der Waals surface area contributed by atoms with Gasteiger partial charge in [0, 0.05) is 18.8 Å². The molecule has 2 aromatic rings. The minimum absolute atomic E-state index is 0.0605. The Labute approximate surface area is 170 Å². The lowest BCUT2D eigenvalue weighted by Gasteiger charge is -2.16. The molecule has 0 saturated heterocycles. The lowest BCUT2D eigenvalue weighted by molar-refractivity contribution is -0.117. The van der Waals surface area contributed by atoms with Crippen LogP contribution < -0.4 is 14.9 Å². The zero-order valence-electron chi connectivity index (χ0n) is 16.1. The number of sulfonamides is 1. The van der Waals surface area contributed by atoms with Gasteiger partial charge in [0.25, 0.3) is 15.9 Å². The molecule has 1 aliphatic heterocycles. The zero-order valence-corrected chi connectivity index (χ0v) is 17.0. The van der Waals surface area contributed by atoms with Gasteiger partial charge in [-0.3, -0.25) is 14.3 Å². The molecule has 2 aliphatic rings. The molecule has 7 nitrogen and oxygen atoms in total. The van der Waals surface area contributed by atoms with Crippen molar-refractivity contribution in [3.05, 3.63) is 53.6 Å². The van der Waals surface area contributed by atoms with E-state index in [1.165, 1.54) is 17.0 Å². The first-order chi connectivity index (χ1) is 13.8. The van der Waals surface area contributed by atoms with E-state index in [1.54, 1.807) is 37.4 Å². The van der Waals surface area contributed by atoms with Crippen molar-refractivity contribution in [2.24, 2.45) is 0 Å². The first-order valence-electron chi connectivity index (χ1n) is 9.67. The Morgan fingerprint density at radius 3 is 2.59 bits per heavy atom. The van der Waals surface area contributed by atoms with Gasteiger partial charge in [-0.15, -0.1) is 0 Å². The number of hydrogen-bond donors (Lipinski definition) is 2. The Hall–Kier alpha value is -2.87. The predicted octanol–water partition coefficient (Wildman–Crippen LogP) is 2.68. The van der Waals surface area contributed by atoms with Crippen LogP contribution in [-0.2, 0) is 21.2 Å². The van der Waals surface area contributed by atoms with E-state index in [9.17, 15) is 18.0 Å². The van der Waals surface area contributed by atoms with Crippen molar-refractivity contribution in [2.75, 3.05) is 16.7 Å². The summed E-state index contributed by atoms with van der Waals surface area (Å²) in [6, 6.07) is 11.3. The van der Waals surface area contributed by atoms with Crippen molar-refractivity contribution < 1.29 is 18.0 Å². The minimum Gasteiger partial charge on any atom is -0.349 e. The Bertz CT molecular complexity index is 1080. The molecule has 0 atom stereocenters. The van der Waals surface area contributed by atoms with E-state index in [-0.39, 0.29) is 34.9 Å². The number of carbonyl (C=O) groups is 2. The Morgan fingerprint density at radius 1 is 1.10 bits per heavy atom. The van der Waals surface area contributed by atoms with Crippen LogP contribution in [0.3, 0.4) is 0 Å². The molecule has 4 rings (SSSR count). The van der Waals surface area contributed by atoms with Crippen LogP contribution in [0, 0.1) is 0 Å². The van der Waals surface area contributed by atoms with Crippen LogP contribution in [-0.4, -0.2) is 33.3 Å². The van der Waals surface area contributed by atoms with Gasteiger partial charge in [-0.25, -0.2) is 8.42 Å². The fourth-order valence-electron chi connectivity index (χ4n) is 3.92. The summed E-state index contributed by atoms with van der Waals surface area (Å²) in [4.78, 5) is 26.1. The van der Waals surface area contributed by atoms with Crippen molar-refractivity contribution in [2.45, 2.75) is 43.0 Å². The van der Waals surface area contributed by atoms with Gasteiger partial charge in [0.05, 0.1) is 22.6 Å². The third-order valence-electron chi connectivity index (χ3n) is 5.54. The minimum atomic E-state index is -3.91. The summed E-state index contributed by atoms with van der Waals surface area (Å²) in [5.41, 5.74) is 1.91. The number of likely N-dealkylation sites (N-methyl/N-ethyl adjacent to an activating group) is 1. The Balaban J connectivity index is 1.58. The SMILES string of the molecule is CN1C(=O)Cc2cc(S(=O)(=O)Nc3ccccc3C(=O)NC3CCCC3)ccc21. The van der Waals surface area contributed by atoms with Gasteiger partial charge in [-0.05, 0) is 48.7 Å². The lowest BCUT2D eigenvalue weighted by Crippen LogP contribution is -2.33. The molecule has 0 unspecified atom stereocenters. The van der Waals surface area contributed by atoms with Gasteiger partial charge in [0.15, 0.2) is 0 Å². The number of nitrogens with zero attached hydrogens (tertiary/aromatic N) is 1. The molecule has 29 heavy (non-hydrogen) atoms. The first kappa shape index (κ1) is 19.4. The Kier molecular flexibility index (Phi) is 5.04. The summed E-state index contributed by atoms with van der Waals surface area (Å²) in [6.07, 6.45) is 4.25. The number of amides is 2. The molecule has 0 bridgehead atoms. The average molecular weight is 413 g/mol. The largest absolute Gasteiger partial charge is 0.349 e. The summed E-state index contributed by atoms with van der Waals surface area (Å²) in [5, 5.41) is 2.99. The molecule has 1 fully saturated rings. The number of rotatable bonds is 5. The maximum Gasteiger partial charge on any atom is 0.261 e. The van der Waals surface area contributed by atoms with E-state index >= 15 is 0 Å². The van der Waals surface area contributed by atoms with Gasteiger partial charge < -0.3 is 10.2 Å². The molecule has 1 aliphatic carbocycles. The summed E-state index contributed by atoms with van der Waals surface area (Å²) in [7, 11) is -2.25.